The van der Waals surface area contributed by atoms with Crippen molar-refractivity contribution < 1.29 is 0 Å². The summed E-state index contributed by atoms with van der Waals surface area (Å²) in [5.41, 5.74) is 1.46. The quantitative estimate of drug-likeness (QED) is 0.238. The molecule has 0 nitrogen and oxygen atoms in total. The molecule has 0 spiro atoms. The van der Waals surface area contributed by atoms with Crippen LogP contribution in [0.4, 0.5) is 0 Å². The van der Waals surface area contributed by atoms with Crippen molar-refractivity contribution in [2.45, 2.75) is 362 Å². The molecule has 0 N–H and O–H groups in total. The van der Waals surface area contributed by atoms with E-state index in [1.807, 2.05) is 0 Å². The third kappa shape index (κ3) is 33.1. The minimum Gasteiger partial charge on any atom is -0.0654 e. The van der Waals surface area contributed by atoms with Gasteiger partial charge in [0.05, 0.1) is 0 Å². The van der Waals surface area contributed by atoms with Crippen molar-refractivity contribution in [3.8, 4) is 0 Å². The van der Waals surface area contributed by atoms with Crippen molar-refractivity contribution in [2.24, 2.45) is 87.8 Å². The Morgan fingerprint density at radius 1 is 0.371 bits per heavy atom. The van der Waals surface area contributed by atoms with Gasteiger partial charge < -0.3 is 0 Å². The van der Waals surface area contributed by atoms with Crippen molar-refractivity contribution in [3.05, 3.63) is 0 Å². The summed E-state index contributed by atoms with van der Waals surface area (Å²) in [6, 6.07) is 0. The van der Waals surface area contributed by atoms with Crippen molar-refractivity contribution in [3.63, 3.8) is 0 Å². The third-order valence-corrected chi connectivity index (χ3v) is 20.9. The fourth-order valence-electron chi connectivity index (χ4n) is 13.1. The topological polar surface area (TPSA) is 0 Å². The maximum atomic E-state index is 2.39. The van der Waals surface area contributed by atoms with Crippen LogP contribution in [0, 0.1) is 87.8 Å². The molecular weight excluding hydrogens is 841 g/mol. The molecule has 0 aromatic carbocycles. The molecule has 0 aromatic rings. The Kier molecular flexibility index (Phi) is 39.1. The fraction of sp³-hybridized carbons (Fsp3) is 1.00. The summed E-state index contributed by atoms with van der Waals surface area (Å²) in [6.07, 6.45) is 56.1. The van der Waals surface area contributed by atoms with E-state index >= 15 is 0 Å². The second kappa shape index (κ2) is 40.3. The summed E-state index contributed by atoms with van der Waals surface area (Å²) in [7, 11) is 0. The Hall–Kier alpha value is 0. The van der Waals surface area contributed by atoms with E-state index in [1.54, 1.807) is 0 Å². The van der Waals surface area contributed by atoms with Gasteiger partial charge in [-0.05, 0) is 139 Å². The molecule has 0 heterocycles. The zero-order chi connectivity index (χ0) is 52.4. The summed E-state index contributed by atoms with van der Waals surface area (Å²) in [6.45, 7) is 39.7. The van der Waals surface area contributed by atoms with E-state index in [1.165, 1.54) is 244 Å². The molecule has 70 heavy (non-hydrogen) atoms. The smallest absolute Gasteiger partial charge is 0.0328 e. The zero-order valence-corrected chi connectivity index (χ0v) is 52.4. The maximum Gasteiger partial charge on any atom is -0.0328 e. The lowest BCUT2D eigenvalue weighted by Gasteiger charge is -2.37. The second-order valence-electron chi connectivity index (χ2n) is 28.7. The van der Waals surface area contributed by atoms with Crippen LogP contribution < -0.4 is 0 Å². The van der Waals surface area contributed by atoms with Crippen molar-refractivity contribution in [1.82, 2.24) is 0 Å². The SMILES string of the molecule is CC(C)C1CCC1.CC1(C)CCCC1.CC1CCCCC1.CC1CCC[C@H]1C.CC1CC[C@@H](C)C1.CCC1(C)CCC1.CCC1CC(C)C1.CCC1CCCC1.CCC1CC[C@@H]1C.CCCC1CCC1. The largest absolute Gasteiger partial charge is 0.0654 e. The lowest BCUT2D eigenvalue weighted by Crippen LogP contribution is -2.23. The minimum absolute atomic E-state index is 0.694. The molecule has 10 rings (SSSR count). The van der Waals surface area contributed by atoms with E-state index in [4.69, 9.17) is 0 Å². The summed E-state index contributed by atoms with van der Waals surface area (Å²) in [5, 5.41) is 0. The third-order valence-electron chi connectivity index (χ3n) is 20.9. The van der Waals surface area contributed by atoms with Gasteiger partial charge in [0.15, 0.2) is 0 Å². The zero-order valence-electron chi connectivity index (χ0n) is 52.4. The number of hydrogen-bond donors (Lipinski definition) is 0. The molecule has 10 saturated carbocycles. The molecule has 0 aliphatic heterocycles. The summed E-state index contributed by atoms with van der Waals surface area (Å²) >= 11 is 0. The van der Waals surface area contributed by atoms with Crippen molar-refractivity contribution >= 4 is 0 Å². The van der Waals surface area contributed by atoms with E-state index in [9.17, 15) is 0 Å². The molecule has 0 amide bonds. The highest BCUT2D eigenvalue weighted by Crippen LogP contribution is 2.43. The molecule has 0 aromatic heterocycles. The first kappa shape index (κ1) is 68.0. The van der Waals surface area contributed by atoms with Crippen LogP contribution in [-0.2, 0) is 0 Å². The summed E-state index contributed by atoms with van der Waals surface area (Å²) in [4.78, 5) is 0. The van der Waals surface area contributed by atoms with Crippen LogP contribution >= 0.6 is 0 Å². The predicted molar refractivity (Wildman–Crippen MR) is 322 cm³/mol. The Bertz CT molecular complexity index is 1060. The molecule has 6 atom stereocenters. The maximum absolute atomic E-state index is 2.39. The van der Waals surface area contributed by atoms with E-state index in [0.717, 1.165) is 82.3 Å². The van der Waals surface area contributed by atoms with Gasteiger partial charge in [-0.3, -0.25) is 0 Å². The van der Waals surface area contributed by atoms with Gasteiger partial charge in [0, 0.05) is 0 Å². The summed E-state index contributed by atoms with van der Waals surface area (Å²) < 4.78 is 0. The first-order valence-electron chi connectivity index (χ1n) is 33.3. The highest BCUT2D eigenvalue weighted by atomic mass is 14.3. The van der Waals surface area contributed by atoms with Gasteiger partial charge in [0.25, 0.3) is 0 Å². The molecular formula is C70H140. The van der Waals surface area contributed by atoms with Gasteiger partial charge >= 0.3 is 0 Å². The molecule has 0 radical (unpaired) electrons. The molecule has 0 saturated heterocycles. The normalized spacial score (nSPS) is 31.3. The molecule has 420 valence electrons. The first-order valence-corrected chi connectivity index (χ1v) is 33.3. The van der Waals surface area contributed by atoms with Crippen LogP contribution in [0.3, 0.4) is 0 Å². The van der Waals surface area contributed by atoms with Gasteiger partial charge in [-0.2, -0.15) is 0 Å². The second-order valence-corrected chi connectivity index (χ2v) is 28.7. The van der Waals surface area contributed by atoms with Gasteiger partial charge in [-0.1, -0.05) is 310 Å². The lowest BCUT2D eigenvalue weighted by atomic mass is 9.69. The van der Waals surface area contributed by atoms with Crippen LogP contribution in [0.15, 0.2) is 0 Å². The highest BCUT2D eigenvalue weighted by Gasteiger charge is 2.29. The number of rotatable bonds is 7. The van der Waals surface area contributed by atoms with E-state index in [-0.39, 0.29) is 0 Å². The molecule has 10 fully saturated rings. The Labute approximate surface area is 447 Å². The molecule has 3 unspecified atom stereocenters. The fourth-order valence-corrected chi connectivity index (χ4v) is 13.1. The van der Waals surface area contributed by atoms with Gasteiger partial charge in [-0.15, -0.1) is 0 Å². The standard InChI is InChI=1S/10C7H14/c1-6-3-4-7(2)5-6;1-7(2)5-3-4-6-7;1-6-4-3-5-7(6)2;1-6(2)7-4-3-5-7;1-7-5-3-2-4-6-7;1-3-7-4-6(2)5-7;1-3-7(2)5-4-6-7;1-3-7-5-4-6(7)2;1-2-7-5-3-4-6-7;1-2-4-7-5-3-6-7/h6-7H,3-5H2,1-2H3;3-6H2,1-2H3;2*6-7H,3-5H2,1-2H3;7H,2-6H2,1H3;6-7H,3-5H2,1-2H3;3-6H2,1-2H3;6-7H,3-5H2,1-2H3;2*7H,2-6H2,1H3/t6-,7?;;6-,7?;;;;;6-,7?;;/m1.1....0../s1. The van der Waals surface area contributed by atoms with Gasteiger partial charge in [-0.25, -0.2) is 0 Å². The van der Waals surface area contributed by atoms with Crippen LogP contribution in [0.25, 0.3) is 0 Å². The van der Waals surface area contributed by atoms with Gasteiger partial charge in [0.1, 0.15) is 0 Å². The predicted octanol–water partition coefficient (Wildman–Crippen LogP) is 25.1. The average Bonchev–Trinajstić information content (AvgIpc) is 4.12. The van der Waals surface area contributed by atoms with Crippen LogP contribution in [0.1, 0.15) is 362 Å². The summed E-state index contributed by atoms with van der Waals surface area (Å²) in [5.74, 6) is 13.6. The lowest BCUT2D eigenvalue weighted by molar-refractivity contribution is 0.155. The monoisotopic (exact) mass is 981 g/mol. The molecule has 0 heteroatoms. The first-order chi connectivity index (χ1) is 33.3. The van der Waals surface area contributed by atoms with Crippen molar-refractivity contribution in [2.75, 3.05) is 0 Å². The van der Waals surface area contributed by atoms with E-state index in [0.29, 0.717) is 5.41 Å². The van der Waals surface area contributed by atoms with Gasteiger partial charge in [0.2, 0.25) is 0 Å². The van der Waals surface area contributed by atoms with Crippen LogP contribution in [0.2, 0.25) is 0 Å². The van der Waals surface area contributed by atoms with Crippen molar-refractivity contribution in [1.29, 1.82) is 0 Å². The van der Waals surface area contributed by atoms with E-state index in [2.05, 4.69) is 118 Å². The molecule has 0 bridgehead atoms. The molecule has 10 aliphatic rings. The average molecular weight is 982 g/mol. The Morgan fingerprint density at radius 2 is 0.857 bits per heavy atom. The van der Waals surface area contributed by atoms with Crippen LogP contribution in [0.5, 0.6) is 0 Å². The Balaban J connectivity index is 0.000000389. The van der Waals surface area contributed by atoms with E-state index < -0.39 is 0 Å². The Morgan fingerprint density at radius 3 is 0.986 bits per heavy atom. The minimum atomic E-state index is 0.694. The molecule has 10 aliphatic carbocycles. The number of hydrogen-bond acceptors (Lipinski definition) is 0. The van der Waals surface area contributed by atoms with Crippen LogP contribution in [-0.4, -0.2) is 0 Å². The highest BCUT2D eigenvalue weighted by molar-refractivity contribution is 4.81.